The molecule has 0 aromatic carbocycles. The minimum atomic E-state index is 0.701. The molecule has 0 aliphatic carbocycles. The Morgan fingerprint density at radius 3 is 2.17 bits per heavy atom. The number of rotatable bonds is 7. The maximum absolute atomic E-state index is 4.13. The molecular weight excluding hydrogens is 220 g/mol. The van der Waals surface area contributed by atoms with Crippen LogP contribution in [0.5, 0.6) is 0 Å². The quantitative estimate of drug-likeness (QED) is 0.427. The summed E-state index contributed by atoms with van der Waals surface area (Å²) in [5, 5.41) is 8.23. The van der Waals surface area contributed by atoms with Crippen LogP contribution in [0.15, 0.2) is 95.5 Å². The van der Waals surface area contributed by atoms with Crippen molar-refractivity contribution in [2.75, 3.05) is 0 Å². The van der Waals surface area contributed by atoms with E-state index in [0.29, 0.717) is 5.70 Å². The van der Waals surface area contributed by atoms with Gasteiger partial charge in [-0.3, -0.25) is 0 Å². The third kappa shape index (κ3) is 7.99. The van der Waals surface area contributed by atoms with Gasteiger partial charge in [-0.15, -0.1) is 0 Å². The normalized spacial score (nSPS) is 14.3. The van der Waals surface area contributed by atoms with E-state index in [1.165, 1.54) is 0 Å². The van der Waals surface area contributed by atoms with Crippen LogP contribution >= 0.6 is 0 Å². The zero-order chi connectivity index (χ0) is 13.6. The molecule has 0 saturated heterocycles. The lowest BCUT2D eigenvalue weighted by Gasteiger charge is -1.92. The van der Waals surface area contributed by atoms with Gasteiger partial charge >= 0.3 is 0 Å². The van der Waals surface area contributed by atoms with Gasteiger partial charge in [0.2, 0.25) is 0 Å². The van der Waals surface area contributed by atoms with Crippen LogP contribution in [0.4, 0.5) is 0 Å². The van der Waals surface area contributed by atoms with E-state index in [-0.39, 0.29) is 0 Å². The molecule has 0 rings (SSSR count). The second kappa shape index (κ2) is 11.3. The summed E-state index contributed by atoms with van der Waals surface area (Å²) in [7, 11) is 0. The molecule has 0 amide bonds. The SMILES string of the molecule is C=C\C=C/C=C(C=C)/N=N/C(/C=C\C=C/C)=C/C. The van der Waals surface area contributed by atoms with Crippen molar-refractivity contribution >= 4 is 0 Å². The molecule has 0 spiro atoms. The van der Waals surface area contributed by atoms with E-state index in [4.69, 9.17) is 0 Å². The molecule has 0 saturated carbocycles. The topological polar surface area (TPSA) is 24.7 Å². The Kier molecular flexibility index (Phi) is 9.88. The van der Waals surface area contributed by atoms with Gasteiger partial charge in [0.15, 0.2) is 0 Å². The fraction of sp³-hybridized carbons (Fsp3) is 0.125. The van der Waals surface area contributed by atoms with Crippen LogP contribution in [-0.4, -0.2) is 0 Å². The van der Waals surface area contributed by atoms with Gasteiger partial charge in [0.1, 0.15) is 0 Å². The van der Waals surface area contributed by atoms with Crippen LogP contribution in [0.2, 0.25) is 0 Å². The summed E-state index contributed by atoms with van der Waals surface area (Å²) in [6.07, 6.45) is 18.4. The minimum absolute atomic E-state index is 0.701. The van der Waals surface area contributed by atoms with Gasteiger partial charge in [-0.1, -0.05) is 55.7 Å². The molecule has 2 nitrogen and oxygen atoms in total. The summed E-state index contributed by atoms with van der Waals surface area (Å²) < 4.78 is 0. The third-order valence-electron chi connectivity index (χ3n) is 1.87. The highest BCUT2D eigenvalue weighted by Crippen LogP contribution is 2.06. The monoisotopic (exact) mass is 240 g/mol. The summed E-state index contributed by atoms with van der Waals surface area (Å²) in [5.74, 6) is 0. The first kappa shape index (κ1) is 15.8. The lowest BCUT2D eigenvalue weighted by molar-refractivity contribution is 1.12. The van der Waals surface area contributed by atoms with Crippen molar-refractivity contribution in [1.29, 1.82) is 0 Å². The largest absolute Gasteiger partial charge is 0.151 e. The van der Waals surface area contributed by atoms with Crippen molar-refractivity contribution in [3.05, 3.63) is 85.3 Å². The molecule has 0 unspecified atom stereocenters. The Hall–Kier alpha value is -2.22. The van der Waals surface area contributed by atoms with Gasteiger partial charge in [0, 0.05) is 0 Å². The lowest BCUT2D eigenvalue weighted by atomic mass is 10.3. The van der Waals surface area contributed by atoms with Crippen LogP contribution in [0.1, 0.15) is 13.8 Å². The fourth-order valence-electron chi connectivity index (χ4n) is 0.943. The van der Waals surface area contributed by atoms with E-state index in [0.717, 1.165) is 5.70 Å². The predicted molar refractivity (Wildman–Crippen MR) is 80.2 cm³/mol. The Balaban J connectivity index is 4.76. The number of allylic oxidation sites excluding steroid dienone is 10. The van der Waals surface area contributed by atoms with Crippen molar-refractivity contribution < 1.29 is 0 Å². The number of hydrogen-bond acceptors (Lipinski definition) is 2. The molecule has 0 heterocycles. The second-order valence-electron chi connectivity index (χ2n) is 3.21. The van der Waals surface area contributed by atoms with Gasteiger partial charge in [-0.2, -0.15) is 10.2 Å². The van der Waals surface area contributed by atoms with Gasteiger partial charge < -0.3 is 0 Å². The molecule has 0 fully saturated rings. The van der Waals surface area contributed by atoms with Gasteiger partial charge in [0.05, 0.1) is 11.4 Å². The van der Waals surface area contributed by atoms with Gasteiger partial charge in [-0.05, 0) is 32.1 Å². The Labute approximate surface area is 110 Å². The fourth-order valence-corrected chi connectivity index (χ4v) is 0.943. The summed E-state index contributed by atoms with van der Waals surface area (Å²) in [4.78, 5) is 0. The maximum atomic E-state index is 4.13. The smallest absolute Gasteiger partial charge is 0.0851 e. The molecule has 0 aliphatic rings. The average molecular weight is 240 g/mol. The molecule has 0 aromatic rings. The molecule has 0 N–H and O–H groups in total. The lowest BCUT2D eigenvalue weighted by Crippen LogP contribution is -1.72. The van der Waals surface area contributed by atoms with Crippen LogP contribution in [0.25, 0.3) is 0 Å². The van der Waals surface area contributed by atoms with Gasteiger partial charge in [-0.25, -0.2) is 0 Å². The van der Waals surface area contributed by atoms with E-state index in [9.17, 15) is 0 Å². The molecule has 0 radical (unpaired) electrons. The molecule has 2 heteroatoms. The van der Waals surface area contributed by atoms with Gasteiger partial charge in [0.25, 0.3) is 0 Å². The zero-order valence-electron chi connectivity index (χ0n) is 11.1. The molecule has 0 aliphatic heterocycles. The first-order valence-electron chi connectivity index (χ1n) is 5.77. The maximum Gasteiger partial charge on any atom is 0.0851 e. The first-order valence-corrected chi connectivity index (χ1v) is 5.77. The molecular formula is C16H20N2. The number of azo groups is 1. The number of hydrogen-bond donors (Lipinski definition) is 0. The van der Waals surface area contributed by atoms with E-state index < -0.39 is 0 Å². The summed E-state index contributed by atoms with van der Waals surface area (Å²) in [6.45, 7) is 11.2. The van der Waals surface area contributed by atoms with E-state index in [1.807, 2.05) is 62.5 Å². The number of nitrogens with zero attached hydrogens (tertiary/aromatic N) is 2. The Bertz CT molecular complexity index is 430. The van der Waals surface area contributed by atoms with Crippen LogP contribution in [0, 0.1) is 0 Å². The van der Waals surface area contributed by atoms with Crippen molar-refractivity contribution in [3.63, 3.8) is 0 Å². The molecule has 18 heavy (non-hydrogen) atoms. The van der Waals surface area contributed by atoms with E-state index in [1.54, 1.807) is 12.2 Å². The zero-order valence-corrected chi connectivity index (χ0v) is 11.1. The van der Waals surface area contributed by atoms with E-state index >= 15 is 0 Å². The second-order valence-corrected chi connectivity index (χ2v) is 3.21. The van der Waals surface area contributed by atoms with E-state index in [2.05, 4.69) is 23.4 Å². The molecule has 0 aromatic heterocycles. The van der Waals surface area contributed by atoms with Crippen LogP contribution in [0.3, 0.4) is 0 Å². The first-order chi connectivity index (χ1) is 8.78. The summed E-state index contributed by atoms with van der Waals surface area (Å²) >= 11 is 0. The summed E-state index contributed by atoms with van der Waals surface area (Å²) in [6, 6.07) is 0. The van der Waals surface area contributed by atoms with Crippen molar-refractivity contribution in [1.82, 2.24) is 0 Å². The Morgan fingerprint density at radius 1 is 0.889 bits per heavy atom. The van der Waals surface area contributed by atoms with Crippen molar-refractivity contribution in [2.24, 2.45) is 10.2 Å². The molecule has 0 bridgehead atoms. The third-order valence-corrected chi connectivity index (χ3v) is 1.87. The van der Waals surface area contributed by atoms with Crippen LogP contribution in [-0.2, 0) is 0 Å². The standard InChI is InChI=1S/C16H20N2/c1-5-9-11-13-15(7-3)17-18-16(8-4)14-12-10-6-2/h5-14H,1,3H2,2,4H3/b10-6-,11-9-,14-12-,15-13+,16-8+,18-17+. The highest BCUT2D eigenvalue weighted by molar-refractivity contribution is 5.24. The average Bonchev–Trinajstić information content (AvgIpc) is 2.40. The van der Waals surface area contributed by atoms with Crippen molar-refractivity contribution in [2.45, 2.75) is 13.8 Å². The predicted octanol–water partition coefficient (Wildman–Crippen LogP) is 5.29. The summed E-state index contributed by atoms with van der Waals surface area (Å²) in [5.41, 5.74) is 1.50. The highest BCUT2D eigenvalue weighted by Gasteiger charge is 1.87. The molecule has 0 atom stereocenters. The Morgan fingerprint density at radius 2 is 1.61 bits per heavy atom. The van der Waals surface area contributed by atoms with Crippen molar-refractivity contribution in [3.8, 4) is 0 Å². The minimum Gasteiger partial charge on any atom is -0.151 e. The molecule has 94 valence electrons. The van der Waals surface area contributed by atoms with Crippen LogP contribution < -0.4 is 0 Å². The highest BCUT2D eigenvalue weighted by atomic mass is 15.1.